The van der Waals surface area contributed by atoms with Crippen molar-refractivity contribution >= 4 is 16.2 Å². The first-order valence-electron chi connectivity index (χ1n) is 7.92. The van der Waals surface area contributed by atoms with Crippen molar-refractivity contribution in [2.75, 3.05) is 26.2 Å². The molecule has 1 aliphatic heterocycles. The van der Waals surface area contributed by atoms with Gasteiger partial charge in [-0.3, -0.25) is 4.79 Å². The van der Waals surface area contributed by atoms with Gasteiger partial charge in [-0.1, -0.05) is 6.92 Å². The maximum atomic E-state index is 12.8. The summed E-state index contributed by atoms with van der Waals surface area (Å²) in [5, 5.41) is 0. The van der Waals surface area contributed by atoms with Crippen LogP contribution in [0.25, 0.3) is 0 Å². The third-order valence-electron chi connectivity index (χ3n) is 4.02. The van der Waals surface area contributed by atoms with Crippen molar-refractivity contribution in [1.29, 1.82) is 0 Å². The van der Waals surface area contributed by atoms with Crippen LogP contribution in [0.4, 0.5) is 0 Å². The summed E-state index contributed by atoms with van der Waals surface area (Å²) in [6.07, 6.45) is 4.08. The lowest BCUT2D eigenvalue weighted by molar-refractivity contribution is -0.149. The van der Waals surface area contributed by atoms with Gasteiger partial charge < -0.3 is 9.15 Å². The highest BCUT2D eigenvalue weighted by atomic mass is 32.2. The highest BCUT2D eigenvalue weighted by molar-refractivity contribution is 7.86. The lowest BCUT2D eigenvalue weighted by Crippen LogP contribution is -2.47. The summed E-state index contributed by atoms with van der Waals surface area (Å²) >= 11 is 0. The van der Waals surface area contributed by atoms with Crippen LogP contribution < -0.4 is 0 Å². The molecule has 0 amide bonds. The van der Waals surface area contributed by atoms with Gasteiger partial charge in [-0.15, -0.1) is 0 Å². The van der Waals surface area contributed by atoms with E-state index in [0.717, 1.165) is 5.56 Å². The van der Waals surface area contributed by atoms with E-state index in [2.05, 4.69) is 0 Å². The Kier molecular flexibility index (Phi) is 6.20. The van der Waals surface area contributed by atoms with Gasteiger partial charge in [-0.25, -0.2) is 0 Å². The topological polar surface area (TPSA) is 80.1 Å². The zero-order valence-corrected chi connectivity index (χ0v) is 14.4. The van der Waals surface area contributed by atoms with E-state index in [1.807, 2.05) is 6.92 Å². The normalized spacial score (nSPS) is 17.5. The van der Waals surface area contributed by atoms with Crippen LogP contribution in [0, 0.1) is 5.92 Å². The zero-order valence-electron chi connectivity index (χ0n) is 13.6. The molecule has 1 aliphatic rings. The molecular formula is C15H24N2O5S. The van der Waals surface area contributed by atoms with Crippen LogP contribution in [0.2, 0.25) is 0 Å². The number of piperidine rings is 1. The van der Waals surface area contributed by atoms with Crippen molar-refractivity contribution in [3.05, 3.63) is 24.2 Å². The minimum atomic E-state index is -3.54. The van der Waals surface area contributed by atoms with Gasteiger partial charge in [-0.2, -0.15) is 17.0 Å². The summed E-state index contributed by atoms with van der Waals surface area (Å²) in [5.74, 6) is -0.430. The summed E-state index contributed by atoms with van der Waals surface area (Å²) in [6, 6.07) is 1.76. The van der Waals surface area contributed by atoms with Crippen LogP contribution in [0.1, 0.15) is 32.3 Å². The molecule has 0 atom stereocenters. The minimum Gasteiger partial charge on any atom is -0.472 e. The second-order valence-corrected chi connectivity index (χ2v) is 7.42. The largest absolute Gasteiger partial charge is 0.472 e. The molecule has 23 heavy (non-hydrogen) atoms. The van der Waals surface area contributed by atoms with E-state index in [-0.39, 0.29) is 18.4 Å². The lowest BCUT2D eigenvalue weighted by Gasteiger charge is -2.33. The van der Waals surface area contributed by atoms with E-state index in [1.165, 1.54) is 14.9 Å². The predicted molar refractivity (Wildman–Crippen MR) is 84.6 cm³/mol. The average Bonchev–Trinajstić information content (AvgIpc) is 3.06. The molecule has 0 saturated carbocycles. The Balaban J connectivity index is 1.98. The van der Waals surface area contributed by atoms with E-state index < -0.39 is 10.2 Å². The SMILES string of the molecule is CCOC(=O)C1CCN(S(=O)(=O)N(CC)Cc2ccoc2)CC1. The molecule has 8 heteroatoms. The van der Waals surface area contributed by atoms with Gasteiger partial charge in [0, 0.05) is 31.7 Å². The molecule has 2 rings (SSSR count). The second kappa shape index (κ2) is 7.94. The molecule has 0 bridgehead atoms. The summed E-state index contributed by atoms with van der Waals surface area (Å²) < 4.78 is 38.4. The number of ether oxygens (including phenoxy) is 1. The van der Waals surface area contributed by atoms with Gasteiger partial charge in [0.15, 0.2) is 0 Å². The Morgan fingerprint density at radius 1 is 1.39 bits per heavy atom. The van der Waals surface area contributed by atoms with Gasteiger partial charge in [0.05, 0.1) is 25.1 Å². The number of hydrogen-bond donors (Lipinski definition) is 0. The third kappa shape index (κ3) is 4.33. The van der Waals surface area contributed by atoms with Crippen LogP contribution in [0.5, 0.6) is 0 Å². The second-order valence-electron chi connectivity index (χ2n) is 5.49. The first kappa shape index (κ1) is 18.0. The molecule has 7 nitrogen and oxygen atoms in total. The zero-order chi connectivity index (χ0) is 16.9. The van der Waals surface area contributed by atoms with E-state index in [9.17, 15) is 13.2 Å². The van der Waals surface area contributed by atoms with E-state index in [1.54, 1.807) is 19.3 Å². The highest BCUT2D eigenvalue weighted by Crippen LogP contribution is 2.23. The minimum absolute atomic E-state index is 0.203. The maximum absolute atomic E-state index is 12.8. The third-order valence-corrected chi connectivity index (χ3v) is 6.08. The molecule has 0 spiro atoms. The quantitative estimate of drug-likeness (QED) is 0.702. The molecule has 1 aromatic heterocycles. The first-order valence-corrected chi connectivity index (χ1v) is 9.31. The van der Waals surface area contributed by atoms with Crippen molar-refractivity contribution in [3.8, 4) is 0 Å². The first-order chi connectivity index (χ1) is 11.0. The number of rotatable bonds is 7. The smallest absolute Gasteiger partial charge is 0.309 e. The van der Waals surface area contributed by atoms with Crippen molar-refractivity contribution in [2.45, 2.75) is 33.2 Å². The van der Waals surface area contributed by atoms with Crippen molar-refractivity contribution < 1.29 is 22.4 Å². The van der Waals surface area contributed by atoms with Crippen molar-refractivity contribution in [1.82, 2.24) is 8.61 Å². The molecular weight excluding hydrogens is 320 g/mol. The summed E-state index contributed by atoms with van der Waals surface area (Å²) in [5.41, 5.74) is 0.817. The van der Waals surface area contributed by atoms with Crippen LogP contribution in [0.15, 0.2) is 23.0 Å². The number of hydrogen-bond acceptors (Lipinski definition) is 5. The summed E-state index contributed by atoms with van der Waals surface area (Å²) in [6.45, 7) is 5.28. The van der Waals surface area contributed by atoms with Crippen LogP contribution >= 0.6 is 0 Å². The monoisotopic (exact) mass is 344 g/mol. The van der Waals surface area contributed by atoms with Gasteiger partial charge in [-0.05, 0) is 25.8 Å². The van der Waals surface area contributed by atoms with Crippen LogP contribution in [0.3, 0.4) is 0 Å². The fourth-order valence-corrected chi connectivity index (χ4v) is 4.33. The molecule has 0 radical (unpaired) electrons. The van der Waals surface area contributed by atoms with Crippen molar-refractivity contribution in [3.63, 3.8) is 0 Å². The van der Waals surface area contributed by atoms with E-state index in [0.29, 0.717) is 39.1 Å². The Hall–Kier alpha value is -1.38. The molecule has 2 heterocycles. The van der Waals surface area contributed by atoms with Crippen LogP contribution in [-0.4, -0.2) is 49.2 Å². The molecule has 0 aromatic carbocycles. The highest BCUT2D eigenvalue weighted by Gasteiger charge is 2.34. The Morgan fingerprint density at radius 2 is 2.09 bits per heavy atom. The fourth-order valence-electron chi connectivity index (χ4n) is 2.69. The maximum Gasteiger partial charge on any atom is 0.309 e. The van der Waals surface area contributed by atoms with Gasteiger partial charge in [0.25, 0.3) is 10.2 Å². The summed E-state index contributed by atoms with van der Waals surface area (Å²) in [4.78, 5) is 11.7. The number of esters is 1. The lowest BCUT2D eigenvalue weighted by atomic mass is 9.98. The van der Waals surface area contributed by atoms with Crippen molar-refractivity contribution in [2.24, 2.45) is 5.92 Å². The van der Waals surface area contributed by atoms with Gasteiger partial charge >= 0.3 is 5.97 Å². The molecule has 0 unspecified atom stereocenters. The molecule has 130 valence electrons. The van der Waals surface area contributed by atoms with Gasteiger partial charge in [0.1, 0.15) is 0 Å². The predicted octanol–water partition coefficient (Wildman–Crippen LogP) is 1.62. The van der Waals surface area contributed by atoms with E-state index in [4.69, 9.17) is 9.15 Å². The molecule has 1 saturated heterocycles. The number of furan rings is 1. The Morgan fingerprint density at radius 3 is 2.61 bits per heavy atom. The Labute approximate surface area is 137 Å². The molecule has 1 fully saturated rings. The summed E-state index contributed by atoms with van der Waals surface area (Å²) in [7, 11) is -3.54. The molecule has 0 N–H and O–H groups in total. The molecule has 0 aliphatic carbocycles. The van der Waals surface area contributed by atoms with E-state index >= 15 is 0 Å². The number of carbonyl (C=O) groups excluding carboxylic acids is 1. The average molecular weight is 344 g/mol. The standard InChI is InChI=1S/C15H24N2O5S/c1-3-16(11-13-7-10-21-12-13)23(19,20)17-8-5-14(6-9-17)15(18)22-4-2/h7,10,12,14H,3-6,8-9,11H2,1-2H3. The van der Waals surface area contributed by atoms with Gasteiger partial charge in [0.2, 0.25) is 0 Å². The molecule has 1 aromatic rings. The fraction of sp³-hybridized carbons (Fsp3) is 0.667. The number of carbonyl (C=O) groups is 1. The Bertz CT molecular complexity index is 591. The van der Waals surface area contributed by atoms with Crippen LogP contribution in [-0.2, 0) is 26.3 Å². The number of nitrogens with zero attached hydrogens (tertiary/aromatic N) is 2.